The molecule has 0 aliphatic carbocycles. The predicted octanol–water partition coefficient (Wildman–Crippen LogP) is 0.586. The van der Waals surface area contributed by atoms with E-state index in [1.807, 2.05) is 12.3 Å². The number of hydrogen-bond donors (Lipinski definition) is 2. The van der Waals surface area contributed by atoms with Gasteiger partial charge in [-0.1, -0.05) is 5.21 Å². The second-order valence-corrected chi connectivity index (χ2v) is 4.06. The molecule has 3 aromatic heterocycles. The maximum Gasteiger partial charge on any atom is 0.159 e. The lowest BCUT2D eigenvalue weighted by atomic mass is 10.3. The lowest BCUT2D eigenvalue weighted by Crippen LogP contribution is -2.00. The van der Waals surface area contributed by atoms with Crippen LogP contribution < -0.4 is 0 Å². The number of H-pyrrole nitrogens is 2. The molecule has 0 spiro atoms. The van der Waals surface area contributed by atoms with Crippen molar-refractivity contribution in [2.24, 2.45) is 0 Å². The molecule has 98 valence electrons. The molecular weight excluding hydrogens is 246 g/mol. The molecule has 0 unspecified atom stereocenters. The Kier molecular flexibility index (Phi) is 3.07. The molecule has 0 aromatic carbocycles. The zero-order valence-electron chi connectivity index (χ0n) is 10.4. The first-order chi connectivity index (χ1) is 9.35. The van der Waals surface area contributed by atoms with E-state index in [2.05, 4.69) is 30.5 Å². The van der Waals surface area contributed by atoms with Crippen molar-refractivity contribution in [2.45, 2.75) is 13.2 Å². The lowest BCUT2D eigenvalue weighted by molar-refractivity contribution is 0.181. The summed E-state index contributed by atoms with van der Waals surface area (Å²) in [6, 6.07) is 1.94. The summed E-state index contributed by atoms with van der Waals surface area (Å²) < 4.78 is 6.74. The zero-order valence-corrected chi connectivity index (χ0v) is 10.4. The van der Waals surface area contributed by atoms with Gasteiger partial charge in [-0.25, -0.2) is 9.67 Å². The summed E-state index contributed by atoms with van der Waals surface area (Å²) in [7, 11) is 1.64. The van der Waals surface area contributed by atoms with E-state index < -0.39 is 0 Å². The Balaban J connectivity index is 1.72. The first-order valence-corrected chi connectivity index (χ1v) is 5.77. The first-order valence-electron chi connectivity index (χ1n) is 5.77. The van der Waals surface area contributed by atoms with Crippen molar-refractivity contribution >= 4 is 0 Å². The molecule has 0 aliphatic rings. The number of aromatic amines is 2. The van der Waals surface area contributed by atoms with Gasteiger partial charge in [-0.3, -0.25) is 5.10 Å². The van der Waals surface area contributed by atoms with Crippen LogP contribution in [0, 0.1) is 0 Å². The van der Waals surface area contributed by atoms with Crippen molar-refractivity contribution in [3.05, 3.63) is 36.0 Å². The highest BCUT2D eigenvalue weighted by atomic mass is 16.5. The Morgan fingerprint density at radius 1 is 1.42 bits per heavy atom. The van der Waals surface area contributed by atoms with E-state index in [-0.39, 0.29) is 0 Å². The van der Waals surface area contributed by atoms with Crippen molar-refractivity contribution in [1.29, 1.82) is 0 Å². The molecule has 0 bridgehead atoms. The third-order valence-electron chi connectivity index (χ3n) is 2.59. The molecule has 0 amide bonds. The van der Waals surface area contributed by atoms with Crippen LogP contribution in [0.25, 0.3) is 11.5 Å². The Bertz CT molecular complexity index is 640. The van der Waals surface area contributed by atoms with Crippen LogP contribution in [0.2, 0.25) is 0 Å². The van der Waals surface area contributed by atoms with E-state index in [4.69, 9.17) is 4.74 Å². The van der Waals surface area contributed by atoms with E-state index in [0.29, 0.717) is 24.7 Å². The molecule has 0 saturated heterocycles. The molecular formula is C11H13N7O. The molecule has 0 radical (unpaired) electrons. The highest BCUT2D eigenvalue weighted by Gasteiger charge is 2.07. The first kappa shape index (κ1) is 11.6. The number of ether oxygens (including phenoxy) is 1. The van der Waals surface area contributed by atoms with Crippen molar-refractivity contribution in [2.75, 3.05) is 7.11 Å². The standard InChI is InChI=1S/C11H13N7O/c1-19-7-9-4-8(14-15-9)5-18-6-10(16-17-18)11-12-2-3-13-11/h2-4,6H,5,7H2,1H3,(H,12,13)(H,14,15). The molecule has 8 nitrogen and oxygen atoms in total. The van der Waals surface area contributed by atoms with E-state index in [1.165, 1.54) is 0 Å². The minimum atomic E-state index is 0.492. The quantitative estimate of drug-likeness (QED) is 0.698. The molecule has 2 N–H and O–H groups in total. The molecule has 8 heteroatoms. The fourth-order valence-electron chi connectivity index (χ4n) is 1.78. The van der Waals surface area contributed by atoms with Crippen LogP contribution in [0.1, 0.15) is 11.4 Å². The Morgan fingerprint density at radius 2 is 2.37 bits per heavy atom. The minimum absolute atomic E-state index is 0.492. The summed E-state index contributed by atoms with van der Waals surface area (Å²) in [4.78, 5) is 7.12. The molecule has 0 saturated carbocycles. The van der Waals surface area contributed by atoms with Crippen molar-refractivity contribution in [1.82, 2.24) is 35.2 Å². The Labute approximate surface area is 108 Å². The monoisotopic (exact) mass is 259 g/mol. The van der Waals surface area contributed by atoms with Crippen LogP contribution in [-0.2, 0) is 17.9 Å². The average Bonchev–Trinajstić information content (AvgIpc) is 3.10. The molecule has 3 rings (SSSR count). The van der Waals surface area contributed by atoms with Crippen LogP contribution in [0.5, 0.6) is 0 Å². The molecule has 3 aromatic rings. The Hall–Kier alpha value is -2.48. The molecule has 0 aliphatic heterocycles. The van der Waals surface area contributed by atoms with Gasteiger partial charge in [0.2, 0.25) is 0 Å². The van der Waals surface area contributed by atoms with E-state index in [9.17, 15) is 0 Å². The molecule has 0 fully saturated rings. The van der Waals surface area contributed by atoms with Crippen LogP contribution in [0.3, 0.4) is 0 Å². The summed E-state index contributed by atoms with van der Waals surface area (Å²) in [6.45, 7) is 1.07. The highest BCUT2D eigenvalue weighted by molar-refractivity contribution is 5.45. The number of methoxy groups -OCH3 is 1. The van der Waals surface area contributed by atoms with Crippen molar-refractivity contribution in [3.63, 3.8) is 0 Å². The lowest BCUT2D eigenvalue weighted by Gasteiger charge is -1.95. The largest absolute Gasteiger partial charge is 0.378 e. The van der Waals surface area contributed by atoms with Crippen LogP contribution >= 0.6 is 0 Å². The fraction of sp³-hybridized carbons (Fsp3) is 0.273. The van der Waals surface area contributed by atoms with Gasteiger partial charge in [0.25, 0.3) is 0 Å². The summed E-state index contributed by atoms with van der Waals surface area (Å²) in [5.41, 5.74) is 2.52. The van der Waals surface area contributed by atoms with Gasteiger partial charge < -0.3 is 9.72 Å². The number of aromatic nitrogens is 7. The normalized spacial score (nSPS) is 11.0. The third kappa shape index (κ3) is 2.52. The second-order valence-electron chi connectivity index (χ2n) is 4.06. The van der Waals surface area contributed by atoms with Gasteiger partial charge in [0.05, 0.1) is 30.7 Å². The molecule has 0 atom stereocenters. The third-order valence-corrected chi connectivity index (χ3v) is 2.59. The SMILES string of the molecule is COCc1cc(Cn2cc(-c3ncc[nH]3)nn2)[nH]n1. The van der Waals surface area contributed by atoms with Gasteiger partial charge in [0.1, 0.15) is 5.69 Å². The topological polar surface area (TPSA) is 97.3 Å². The van der Waals surface area contributed by atoms with Crippen LogP contribution in [-0.4, -0.2) is 42.3 Å². The van der Waals surface area contributed by atoms with Crippen molar-refractivity contribution in [3.8, 4) is 11.5 Å². The number of imidazole rings is 1. The maximum absolute atomic E-state index is 5.01. The zero-order chi connectivity index (χ0) is 13.1. The number of nitrogens with zero attached hydrogens (tertiary/aromatic N) is 5. The van der Waals surface area contributed by atoms with E-state index >= 15 is 0 Å². The van der Waals surface area contributed by atoms with Crippen LogP contribution in [0.15, 0.2) is 24.7 Å². The van der Waals surface area contributed by atoms with Gasteiger partial charge in [-0.15, -0.1) is 5.10 Å². The summed E-state index contributed by atoms with van der Waals surface area (Å²) >= 11 is 0. The second kappa shape index (κ2) is 5.02. The highest BCUT2D eigenvalue weighted by Crippen LogP contribution is 2.10. The van der Waals surface area contributed by atoms with Crippen molar-refractivity contribution < 1.29 is 4.74 Å². The summed E-state index contributed by atoms with van der Waals surface area (Å²) in [5, 5.41) is 15.2. The van der Waals surface area contributed by atoms with Gasteiger partial charge in [-0.05, 0) is 6.07 Å². The summed E-state index contributed by atoms with van der Waals surface area (Å²) in [6.07, 6.45) is 5.26. The van der Waals surface area contributed by atoms with Gasteiger partial charge in [0, 0.05) is 19.5 Å². The number of nitrogens with one attached hydrogen (secondary N) is 2. The Morgan fingerprint density at radius 3 is 3.16 bits per heavy atom. The minimum Gasteiger partial charge on any atom is -0.378 e. The molecule has 3 heterocycles. The maximum atomic E-state index is 5.01. The number of hydrogen-bond acceptors (Lipinski definition) is 5. The predicted molar refractivity (Wildman–Crippen MR) is 66.0 cm³/mol. The van der Waals surface area contributed by atoms with Gasteiger partial charge in [0.15, 0.2) is 5.82 Å². The summed E-state index contributed by atoms with van der Waals surface area (Å²) in [5.74, 6) is 0.705. The van der Waals surface area contributed by atoms with E-state index in [1.54, 1.807) is 24.2 Å². The van der Waals surface area contributed by atoms with E-state index in [0.717, 1.165) is 11.4 Å². The smallest absolute Gasteiger partial charge is 0.159 e. The van der Waals surface area contributed by atoms with Crippen LogP contribution in [0.4, 0.5) is 0 Å². The molecule has 19 heavy (non-hydrogen) atoms. The fourth-order valence-corrected chi connectivity index (χ4v) is 1.78. The van der Waals surface area contributed by atoms with Gasteiger partial charge in [-0.2, -0.15) is 5.10 Å². The van der Waals surface area contributed by atoms with Gasteiger partial charge >= 0.3 is 0 Å². The average molecular weight is 259 g/mol. The number of rotatable bonds is 5.